The monoisotopic (exact) mass is 144 g/mol. The van der Waals surface area contributed by atoms with Gasteiger partial charge in [-0.2, -0.15) is 0 Å². The highest BCUT2D eigenvalue weighted by Gasteiger charge is 2.25. The average molecular weight is 144 g/mol. The number of rotatable bonds is 3. The van der Waals surface area contributed by atoms with E-state index < -0.39 is 0 Å². The molecule has 0 spiro atoms. The van der Waals surface area contributed by atoms with Crippen molar-refractivity contribution in [2.24, 2.45) is 0 Å². The van der Waals surface area contributed by atoms with Crippen LogP contribution in [0.3, 0.4) is 0 Å². The highest BCUT2D eigenvalue weighted by molar-refractivity contribution is 4.70. The maximum atomic E-state index is 5.48. The first kappa shape index (κ1) is 6.58. The van der Waals surface area contributed by atoms with Crippen molar-refractivity contribution in [3.63, 3.8) is 0 Å². The van der Waals surface area contributed by atoms with Crippen molar-refractivity contribution < 1.29 is 14.2 Å². The van der Waals surface area contributed by atoms with E-state index in [9.17, 15) is 0 Å². The second kappa shape index (κ2) is 2.86. The van der Waals surface area contributed by atoms with Crippen LogP contribution in [0.2, 0.25) is 0 Å². The second-order valence-electron chi connectivity index (χ2n) is 2.77. The van der Waals surface area contributed by atoms with Crippen LogP contribution in [0.15, 0.2) is 0 Å². The normalized spacial score (nSPS) is 38.4. The van der Waals surface area contributed by atoms with Crippen molar-refractivity contribution in [1.29, 1.82) is 0 Å². The van der Waals surface area contributed by atoms with E-state index in [1.807, 2.05) is 0 Å². The molecule has 2 saturated heterocycles. The first-order valence-electron chi connectivity index (χ1n) is 3.76. The van der Waals surface area contributed by atoms with Gasteiger partial charge in [0.2, 0.25) is 0 Å². The fraction of sp³-hybridized carbons (Fsp3) is 1.00. The van der Waals surface area contributed by atoms with Crippen LogP contribution in [0.1, 0.15) is 6.42 Å². The number of ether oxygens (including phenoxy) is 3. The summed E-state index contributed by atoms with van der Waals surface area (Å²) in [5.41, 5.74) is 0. The Labute approximate surface area is 60.3 Å². The standard InChI is InChI=1S/C7H12O3/c1-2-8-3-6(1)9-4-7-5-10-7/h6-7H,1-5H2/t6?,7-/m1/s1. The van der Waals surface area contributed by atoms with Crippen LogP contribution in [-0.2, 0) is 14.2 Å². The largest absolute Gasteiger partial charge is 0.379 e. The van der Waals surface area contributed by atoms with Gasteiger partial charge in [-0.3, -0.25) is 0 Å². The molecule has 1 unspecified atom stereocenters. The molecule has 2 fully saturated rings. The summed E-state index contributed by atoms with van der Waals surface area (Å²) in [6.45, 7) is 3.27. The van der Waals surface area contributed by atoms with Gasteiger partial charge in [0.25, 0.3) is 0 Å². The minimum absolute atomic E-state index is 0.337. The van der Waals surface area contributed by atoms with Crippen molar-refractivity contribution in [1.82, 2.24) is 0 Å². The third kappa shape index (κ3) is 1.68. The molecule has 0 aromatic carbocycles. The van der Waals surface area contributed by atoms with Crippen molar-refractivity contribution >= 4 is 0 Å². The zero-order valence-corrected chi connectivity index (χ0v) is 5.91. The molecule has 0 aliphatic carbocycles. The smallest absolute Gasteiger partial charge is 0.104 e. The summed E-state index contributed by atoms with van der Waals surface area (Å²) in [6.07, 6.45) is 1.77. The van der Waals surface area contributed by atoms with E-state index in [2.05, 4.69) is 0 Å². The minimum Gasteiger partial charge on any atom is -0.379 e. The number of hydrogen-bond donors (Lipinski definition) is 0. The first-order chi connectivity index (χ1) is 4.95. The molecule has 0 aromatic heterocycles. The minimum atomic E-state index is 0.337. The Morgan fingerprint density at radius 2 is 2.30 bits per heavy atom. The van der Waals surface area contributed by atoms with Gasteiger partial charge < -0.3 is 14.2 Å². The molecule has 58 valence electrons. The van der Waals surface area contributed by atoms with E-state index in [4.69, 9.17) is 14.2 Å². The third-order valence-electron chi connectivity index (χ3n) is 1.81. The maximum absolute atomic E-state index is 5.48. The molecule has 2 rings (SSSR count). The van der Waals surface area contributed by atoms with E-state index in [0.717, 1.165) is 32.8 Å². The van der Waals surface area contributed by atoms with Gasteiger partial charge >= 0.3 is 0 Å². The van der Waals surface area contributed by atoms with Crippen molar-refractivity contribution in [2.45, 2.75) is 18.6 Å². The Hall–Kier alpha value is -0.120. The van der Waals surface area contributed by atoms with Gasteiger partial charge in [0.1, 0.15) is 6.10 Å². The second-order valence-corrected chi connectivity index (χ2v) is 2.77. The van der Waals surface area contributed by atoms with E-state index in [0.29, 0.717) is 12.2 Å². The molecule has 0 bridgehead atoms. The molecule has 0 aromatic rings. The summed E-state index contributed by atoms with van der Waals surface area (Å²) >= 11 is 0. The van der Waals surface area contributed by atoms with Crippen molar-refractivity contribution in [3.8, 4) is 0 Å². The molecule has 0 saturated carbocycles. The van der Waals surface area contributed by atoms with Crippen LogP contribution in [0, 0.1) is 0 Å². The van der Waals surface area contributed by atoms with Gasteiger partial charge in [0.05, 0.1) is 25.9 Å². The SMILES string of the molecule is C1CC(OC[C@@H]2CO2)CO1. The van der Waals surface area contributed by atoms with Gasteiger partial charge in [-0.05, 0) is 6.42 Å². The van der Waals surface area contributed by atoms with Crippen LogP contribution >= 0.6 is 0 Å². The quantitative estimate of drug-likeness (QED) is 0.530. The molecule has 2 aliphatic rings. The molecule has 0 radical (unpaired) electrons. The van der Waals surface area contributed by atoms with E-state index in [1.54, 1.807) is 0 Å². The van der Waals surface area contributed by atoms with Gasteiger partial charge in [0.15, 0.2) is 0 Å². The lowest BCUT2D eigenvalue weighted by atomic mass is 10.3. The molecule has 3 nitrogen and oxygen atoms in total. The van der Waals surface area contributed by atoms with E-state index in [-0.39, 0.29) is 0 Å². The molecule has 0 N–H and O–H groups in total. The molecule has 2 heterocycles. The highest BCUT2D eigenvalue weighted by Crippen LogP contribution is 2.13. The summed E-state index contributed by atoms with van der Waals surface area (Å²) in [7, 11) is 0. The molecular weight excluding hydrogens is 132 g/mol. The molecule has 3 heteroatoms. The fourth-order valence-electron chi connectivity index (χ4n) is 1.05. The molecule has 2 atom stereocenters. The van der Waals surface area contributed by atoms with Crippen LogP contribution in [-0.4, -0.2) is 38.6 Å². The lowest BCUT2D eigenvalue weighted by Gasteiger charge is -2.06. The topological polar surface area (TPSA) is 31.0 Å². The Bertz CT molecular complexity index is 105. The first-order valence-corrected chi connectivity index (χ1v) is 3.76. The Morgan fingerprint density at radius 3 is 2.90 bits per heavy atom. The molecule has 0 amide bonds. The number of epoxide rings is 1. The van der Waals surface area contributed by atoms with Gasteiger partial charge in [-0.15, -0.1) is 0 Å². The summed E-state index contributed by atoms with van der Waals surface area (Å²) in [5.74, 6) is 0. The lowest BCUT2D eigenvalue weighted by molar-refractivity contribution is 0.0340. The predicted octanol–water partition coefficient (Wildman–Crippen LogP) is 0.191. The van der Waals surface area contributed by atoms with Gasteiger partial charge in [0, 0.05) is 6.61 Å². The van der Waals surface area contributed by atoms with Crippen LogP contribution in [0.5, 0.6) is 0 Å². The summed E-state index contributed by atoms with van der Waals surface area (Å²) in [4.78, 5) is 0. The highest BCUT2D eigenvalue weighted by atomic mass is 16.6. The number of hydrogen-bond acceptors (Lipinski definition) is 3. The molecule has 2 aliphatic heterocycles. The lowest BCUT2D eigenvalue weighted by Crippen LogP contribution is -2.15. The third-order valence-corrected chi connectivity index (χ3v) is 1.81. The predicted molar refractivity (Wildman–Crippen MR) is 34.9 cm³/mol. The van der Waals surface area contributed by atoms with E-state index >= 15 is 0 Å². The Balaban J connectivity index is 1.59. The van der Waals surface area contributed by atoms with Gasteiger partial charge in [-0.25, -0.2) is 0 Å². The average Bonchev–Trinajstić information content (AvgIpc) is 2.63. The Morgan fingerprint density at radius 1 is 1.40 bits per heavy atom. The van der Waals surface area contributed by atoms with Crippen molar-refractivity contribution in [3.05, 3.63) is 0 Å². The van der Waals surface area contributed by atoms with Crippen molar-refractivity contribution in [2.75, 3.05) is 26.4 Å². The van der Waals surface area contributed by atoms with Crippen LogP contribution in [0.4, 0.5) is 0 Å². The zero-order valence-electron chi connectivity index (χ0n) is 5.91. The Kier molecular flexibility index (Phi) is 1.88. The van der Waals surface area contributed by atoms with Crippen LogP contribution < -0.4 is 0 Å². The zero-order chi connectivity index (χ0) is 6.81. The van der Waals surface area contributed by atoms with Gasteiger partial charge in [-0.1, -0.05) is 0 Å². The molecular formula is C7H12O3. The summed E-state index contributed by atoms with van der Waals surface area (Å²) in [5, 5.41) is 0. The van der Waals surface area contributed by atoms with E-state index in [1.165, 1.54) is 0 Å². The summed E-state index contributed by atoms with van der Waals surface area (Å²) in [6, 6.07) is 0. The molecule has 10 heavy (non-hydrogen) atoms. The van der Waals surface area contributed by atoms with Crippen LogP contribution in [0.25, 0.3) is 0 Å². The maximum Gasteiger partial charge on any atom is 0.104 e. The summed E-state index contributed by atoms with van der Waals surface area (Å²) < 4.78 is 15.6. The fourth-order valence-corrected chi connectivity index (χ4v) is 1.05.